The van der Waals surface area contributed by atoms with Gasteiger partial charge in [-0.15, -0.1) is 6.58 Å². The maximum Gasteiger partial charge on any atom is 0.213 e. The van der Waals surface area contributed by atoms with Gasteiger partial charge < -0.3 is 9.64 Å². The number of pyridine rings is 1. The quantitative estimate of drug-likeness (QED) is 0.726. The van der Waals surface area contributed by atoms with E-state index in [-0.39, 0.29) is 0 Å². The fourth-order valence-corrected chi connectivity index (χ4v) is 1.89. The molecule has 0 spiro atoms. The third-order valence-electron chi connectivity index (χ3n) is 2.75. The van der Waals surface area contributed by atoms with Gasteiger partial charge in [-0.1, -0.05) is 12.2 Å². The van der Waals surface area contributed by atoms with Crippen LogP contribution >= 0.6 is 0 Å². The van der Waals surface area contributed by atoms with Crippen molar-refractivity contribution in [2.75, 3.05) is 18.6 Å². The largest absolute Gasteiger partial charge is 0.481 e. The van der Waals surface area contributed by atoms with Gasteiger partial charge in [0.2, 0.25) is 5.88 Å². The number of methoxy groups -OCH3 is 1. The highest BCUT2D eigenvalue weighted by atomic mass is 16.5. The number of ether oxygens (including phenoxy) is 1. The second kappa shape index (κ2) is 4.39. The van der Waals surface area contributed by atoms with E-state index in [0.717, 1.165) is 17.9 Å². The molecule has 1 aliphatic heterocycles. The lowest BCUT2D eigenvalue weighted by Gasteiger charge is -2.32. The van der Waals surface area contributed by atoms with E-state index in [1.165, 1.54) is 0 Å². The van der Waals surface area contributed by atoms with E-state index in [0.29, 0.717) is 11.9 Å². The van der Waals surface area contributed by atoms with E-state index in [1.54, 1.807) is 7.11 Å². The van der Waals surface area contributed by atoms with Crippen molar-refractivity contribution in [3.63, 3.8) is 0 Å². The molecule has 1 aliphatic rings. The summed E-state index contributed by atoms with van der Waals surface area (Å²) in [6.45, 7) is 6.77. The van der Waals surface area contributed by atoms with Crippen LogP contribution in [0.2, 0.25) is 0 Å². The summed E-state index contributed by atoms with van der Waals surface area (Å²) in [5.74, 6) is 0.650. The van der Waals surface area contributed by atoms with Gasteiger partial charge in [-0.05, 0) is 19.1 Å². The van der Waals surface area contributed by atoms with E-state index in [9.17, 15) is 0 Å². The fraction of sp³-hybridized carbons (Fsp3) is 0.308. The van der Waals surface area contributed by atoms with Crippen LogP contribution in [0, 0.1) is 0 Å². The van der Waals surface area contributed by atoms with Crippen molar-refractivity contribution in [2.45, 2.75) is 13.0 Å². The van der Waals surface area contributed by atoms with Gasteiger partial charge in [-0.3, -0.25) is 0 Å². The lowest BCUT2D eigenvalue weighted by atomic mass is 10.1. The van der Waals surface area contributed by atoms with Crippen LogP contribution in [0.5, 0.6) is 5.88 Å². The molecule has 2 rings (SSSR count). The lowest BCUT2D eigenvalue weighted by molar-refractivity contribution is 0.397. The van der Waals surface area contributed by atoms with Gasteiger partial charge >= 0.3 is 0 Å². The zero-order valence-electron chi connectivity index (χ0n) is 9.68. The molecule has 0 amide bonds. The molecule has 2 heterocycles. The maximum atomic E-state index is 5.12. The van der Waals surface area contributed by atoms with E-state index in [4.69, 9.17) is 4.74 Å². The SMILES string of the molecule is C=CCN1c2ccc(OC)nc2C=CC1C. The molecule has 0 aliphatic carbocycles. The first-order valence-corrected chi connectivity index (χ1v) is 5.37. The van der Waals surface area contributed by atoms with Gasteiger partial charge in [-0.2, -0.15) is 0 Å². The first kappa shape index (κ1) is 10.7. The molecule has 1 aromatic heterocycles. The molecule has 84 valence electrons. The summed E-state index contributed by atoms with van der Waals surface area (Å²) in [6.07, 6.45) is 6.09. The average molecular weight is 216 g/mol. The topological polar surface area (TPSA) is 25.4 Å². The highest BCUT2D eigenvalue weighted by molar-refractivity contribution is 5.70. The second-order valence-corrected chi connectivity index (χ2v) is 3.80. The van der Waals surface area contributed by atoms with Crippen LogP contribution in [0.1, 0.15) is 12.6 Å². The highest BCUT2D eigenvalue weighted by Gasteiger charge is 2.19. The molecule has 0 radical (unpaired) electrons. The summed E-state index contributed by atoms with van der Waals surface area (Å²) in [4.78, 5) is 6.67. The summed E-state index contributed by atoms with van der Waals surface area (Å²) in [6, 6.07) is 4.31. The summed E-state index contributed by atoms with van der Waals surface area (Å²) in [7, 11) is 1.63. The number of aromatic nitrogens is 1. The number of nitrogens with zero attached hydrogens (tertiary/aromatic N) is 2. The minimum atomic E-state index is 0.376. The number of rotatable bonds is 3. The molecular formula is C13H16N2O. The second-order valence-electron chi connectivity index (χ2n) is 3.80. The molecule has 0 saturated carbocycles. The number of hydrogen-bond donors (Lipinski definition) is 0. The molecular weight excluding hydrogens is 200 g/mol. The van der Waals surface area contributed by atoms with Crippen molar-refractivity contribution in [1.29, 1.82) is 0 Å². The standard InChI is InChI=1S/C13H16N2O/c1-4-9-15-10(2)5-6-11-12(15)7-8-13(14-11)16-3/h4-8,10H,1,9H2,2-3H3. The first-order valence-electron chi connectivity index (χ1n) is 5.37. The Kier molecular flexibility index (Phi) is 2.95. The van der Waals surface area contributed by atoms with E-state index in [2.05, 4.69) is 29.5 Å². The van der Waals surface area contributed by atoms with Gasteiger partial charge in [-0.25, -0.2) is 4.98 Å². The predicted molar refractivity (Wildman–Crippen MR) is 66.8 cm³/mol. The maximum absolute atomic E-state index is 5.12. The molecule has 3 nitrogen and oxygen atoms in total. The molecule has 0 bridgehead atoms. The molecule has 1 aromatic rings. The minimum Gasteiger partial charge on any atom is -0.481 e. The minimum absolute atomic E-state index is 0.376. The van der Waals surface area contributed by atoms with Crippen molar-refractivity contribution in [2.24, 2.45) is 0 Å². The molecule has 0 fully saturated rings. The van der Waals surface area contributed by atoms with Gasteiger partial charge in [0.1, 0.15) is 0 Å². The summed E-state index contributed by atoms with van der Waals surface area (Å²) in [5, 5.41) is 0. The van der Waals surface area contributed by atoms with Crippen molar-refractivity contribution < 1.29 is 4.74 Å². The lowest BCUT2D eigenvalue weighted by Crippen LogP contribution is -2.34. The molecule has 1 unspecified atom stereocenters. The van der Waals surface area contributed by atoms with Crippen LogP contribution in [0.15, 0.2) is 30.9 Å². The number of anilines is 1. The van der Waals surface area contributed by atoms with Crippen molar-refractivity contribution >= 4 is 11.8 Å². The van der Waals surface area contributed by atoms with Gasteiger partial charge in [0, 0.05) is 18.7 Å². The average Bonchev–Trinajstić information content (AvgIpc) is 2.32. The van der Waals surface area contributed by atoms with Gasteiger partial charge in [0.15, 0.2) is 0 Å². The van der Waals surface area contributed by atoms with Gasteiger partial charge in [0.05, 0.1) is 18.5 Å². The number of hydrogen-bond acceptors (Lipinski definition) is 3. The van der Waals surface area contributed by atoms with Gasteiger partial charge in [0.25, 0.3) is 0 Å². The molecule has 3 heteroatoms. The van der Waals surface area contributed by atoms with Crippen LogP contribution in [-0.4, -0.2) is 24.7 Å². The Bertz CT molecular complexity index is 426. The Morgan fingerprint density at radius 3 is 3.06 bits per heavy atom. The summed E-state index contributed by atoms with van der Waals surface area (Å²) >= 11 is 0. The smallest absolute Gasteiger partial charge is 0.213 e. The Labute approximate surface area is 96.1 Å². The Morgan fingerprint density at radius 2 is 2.38 bits per heavy atom. The summed E-state index contributed by atoms with van der Waals surface area (Å²) < 4.78 is 5.12. The van der Waals surface area contributed by atoms with Crippen LogP contribution < -0.4 is 9.64 Å². The van der Waals surface area contributed by atoms with Crippen molar-refractivity contribution in [3.8, 4) is 5.88 Å². The first-order chi connectivity index (χ1) is 7.76. The van der Waals surface area contributed by atoms with Crippen molar-refractivity contribution in [1.82, 2.24) is 4.98 Å². The molecule has 1 atom stereocenters. The van der Waals surface area contributed by atoms with E-state index < -0.39 is 0 Å². The highest BCUT2D eigenvalue weighted by Crippen LogP contribution is 2.29. The monoisotopic (exact) mass is 216 g/mol. The third-order valence-corrected chi connectivity index (χ3v) is 2.75. The Hall–Kier alpha value is -1.77. The van der Waals surface area contributed by atoms with E-state index >= 15 is 0 Å². The summed E-state index contributed by atoms with van der Waals surface area (Å²) in [5.41, 5.74) is 2.09. The third kappa shape index (κ3) is 1.81. The normalized spacial score (nSPS) is 18.1. The van der Waals surface area contributed by atoms with Crippen LogP contribution in [0.25, 0.3) is 6.08 Å². The molecule has 0 aromatic carbocycles. The zero-order valence-corrected chi connectivity index (χ0v) is 9.68. The Morgan fingerprint density at radius 1 is 1.56 bits per heavy atom. The zero-order chi connectivity index (χ0) is 11.5. The Balaban J connectivity index is 2.41. The molecule has 16 heavy (non-hydrogen) atoms. The van der Waals surface area contributed by atoms with Crippen LogP contribution in [0.4, 0.5) is 5.69 Å². The molecule has 0 saturated heterocycles. The fourth-order valence-electron chi connectivity index (χ4n) is 1.89. The van der Waals surface area contributed by atoms with Crippen LogP contribution in [-0.2, 0) is 0 Å². The van der Waals surface area contributed by atoms with Crippen molar-refractivity contribution in [3.05, 3.63) is 36.6 Å². The predicted octanol–water partition coefficient (Wildman–Crippen LogP) is 2.50. The van der Waals surface area contributed by atoms with Crippen LogP contribution in [0.3, 0.4) is 0 Å². The molecule has 0 N–H and O–H groups in total. The van der Waals surface area contributed by atoms with E-state index in [1.807, 2.05) is 24.3 Å². The number of fused-ring (bicyclic) bond motifs is 1.